The Kier molecular flexibility index (Phi) is 10.3. The molecule has 6 rings (SSSR count). The van der Waals surface area contributed by atoms with Gasteiger partial charge in [0.25, 0.3) is 0 Å². The van der Waals surface area contributed by atoms with Crippen LogP contribution in [-0.2, 0) is 11.8 Å². The third kappa shape index (κ3) is 6.62. The van der Waals surface area contributed by atoms with Gasteiger partial charge in [0, 0.05) is 0 Å². The molecule has 0 aliphatic carbocycles. The summed E-state index contributed by atoms with van der Waals surface area (Å²) in [6.07, 6.45) is 0. The van der Waals surface area contributed by atoms with Crippen LogP contribution in [0.5, 0.6) is 0 Å². The monoisotopic (exact) mass is 734 g/mol. The second-order valence-corrected chi connectivity index (χ2v) is 14.0. The van der Waals surface area contributed by atoms with Crippen LogP contribution in [0.15, 0.2) is 121 Å². The summed E-state index contributed by atoms with van der Waals surface area (Å²) in [7, 11) is -4.13. The number of rotatable bonds is 12. The van der Waals surface area contributed by atoms with Crippen LogP contribution in [0.4, 0.5) is 8.78 Å². The molecule has 0 fully saturated rings. The Morgan fingerprint density at radius 2 is 0.750 bits per heavy atom. The molecule has 0 N–H and O–H groups in total. The molecule has 0 amide bonds. The first kappa shape index (κ1) is 36.3. The molecule has 2 heterocycles. The molecule has 264 valence electrons. The van der Waals surface area contributed by atoms with Gasteiger partial charge >= 0.3 is 23.5 Å². The van der Waals surface area contributed by atoms with Gasteiger partial charge in [0.2, 0.25) is 7.55 Å². The molecule has 6 aromatic rings. The molecule has 2 aromatic heterocycles. The number of tetrazole rings is 2. The normalized spacial score (nSPS) is 11.6. The first-order valence-electron chi connectivity index (χ1n) is 14.8. The third-order valence-corrected chi connectivity index (χ3v) is 11.8. The Morgan fingerprint density at radius 1 is 0.500 bits per heavy atom. The van der Waals surface area contributed by atoms with Crippen LogP contribution in [0, 0.1) is 40.5 Å². The Balaban J connectivity index is 0.000000201. The van der Waals surface area contributed by atoms with Crippen molar-refractivity contribution in [2.75, 3.05) is 0 Å². The molecular weight excluding hydrogens is 712 g/mol. The van der Waals surface area contributed by atoms with Gasteiger partial charge in [-0.1, -0.05) is 102 Å². The molecule has 52 heavy (non-hydrogen) atoms. The lowest BCUT2D eigenvalue weighted by molar-refractivity contribution is -0.847. The van der Waals surface area contributed by atoms with Gasteiger partial charge < -0.3 is 9.42 Å². The first-order valence-corrected chi connectivity index (χ1v) is 16.5. The maximum Gasteiger partial charge on any atom is 0.681 e. The van der Waals surface area contributed by atoms with Crippen molar-refractivity contribution < 1.29 is 28.5 Å². The summed E-state index contributed by atoms with van der Waals surface area (Å²) in [5, 5.41) is 65.6. The van der Waals surface area contributed by atoms with Crippen molar-refractivity contribution in [3.63, 3.8) is 0 Å². The molecule has 0 saturated heterocycles. The summed E-state index contributed by atoms with van der Waals surface area (Å²) < 4.78 is 28.4. The third-order valence-electron chi connectivity index (χ3n) is 7.49. The number of aromatic nitrogens is 8. The maximum absolute atomic E-state index is 13.8. The van der Waals surface area contributed by atoms with Gasteiger partial charge in [-0.05, 0) is 48.5 Å². The quantitative estimate of drug-likeness (QED) is 0.0417. The molecule has 0 bridgehead atoms. The highest BCUT2D eigenvalue weighted by Crippen LogP contribution is 2.54. The lowest BCUT2D eigenvalue weighted by Crippen LogP contribution is -2.40. The van der Waals surface area contributed by atoms with Crippen LogP contribution < -0.4 is 21.2 Å². The van der Waals surface area contributed by atoms with E-state index < -0.39 is 58.0 Å². The van der Waals surface area contributed by atoms with Gasteiger partial charge in [-0.25, -0.2) is 0 Å². The molecular formula is C28H22BF2N12O8P. The molecule has 0 unspecified atom stereocenters. The van der Waals surface area contributed by atoms with E-state index in [1.807, 2.05) is 0 Å². The fraction of sp³-hybridized carbons (Fsp3) is 0.0714. The van der Waals surface area contributed by atoms with Crippen LogP contribution in [0.3, 0.4) is 0 Å². The van der Waals surface area contributed by atoms with Crippen LogP contribution in [-0.4, -0.2) is 67.5 Å². The summed E-state index contributed by atoms with van der Waals surface area (Å²) in [4.78, 5) is 34.5. The smallest absolute Gasteiger partial charge is 0.323 e. The molecule has 0 spiro atoms. The number of benzene rings is 4. The van der Waals surface area contributed by atoms with E-state index in [-0.39, 0.29) is 0 Å². The van der Waals surface area contributed by atoms with E-state index in [0.717, 1.165) is 0 Å². The molecule has 20 nitrogen and oxygen atoms in total. The summed E-state index contributed by atoms with van der Waals surface area (Å²) in [6.45, 7) is 0. The molecule has 4 aromatic carbocycles. The van der Waals surface area contributed by atoms with Crippen molar-refractivity contribution in [1.29, 1.82) is 0 Å². The highest BCUT2D eigenvalue weighted by atomic mass is 31.2. The van der Waals surface area contributed by atoms with Crippen LogP contribution in [0.2, 0.25) is 0 Å². The summed E-state index contributed by atoms with van der Waals surface area (Å²) in [5.74, 6) is -11.9. The van der Waals surface area contributed by atoms with Crippen molar-refractivity contribution in [1.82, 2.24) is 40.2 Å². The molecule has 0 radical (unpaired) electrons. The Hall–Kier alpha value is -7.03. The molecule has 24 heteroatoms. The average molecular weight is 734 g/mol. The maximum atomic E-state index is 13.8. The van der Waals surface area contributed by atoms with E-state index in [1.165, 1.54) is 21.2 Å². The van der Waals surface area contributed by atoms with E-state index in [1.54, 1.807) is 0 Å². The molecule has 0 aliphatic rings. The van der Waals surface area contributed by atoms with Gasteiger partial charge in [-0.2, -0.15) is 10.2 Å². The zero-order valence-corrected chi connectivity index (χ0v) is 27.3. The second kappa shape index (κ2) is 14.8. The highest BCUT2D eigenvalue weighted by molar-refractivity contribution is 8.01. The van der Waals surface area contributed by atoms with Crippen LogP contribution in [0.1, 0.15) is 11.6 Å². The molecule has 0 atom stereocenters. The number of halogens is 2. The Labute approximate surface area is 289 Å². The lowest BCUT2D eigenvalue weighted by atomic mass is 10.2. The van der Waals surface area contributed by atoms with Crippen molar-refractivity contribution in [3.8, 4) is 0 Å². The van der Waals surface area contributed by atoms with Gasteiger partial charge in [0.05, 0.1) is 0 Å². The predicted octanol–water partition coefficient (Wildman–Crippen LogP) is 0.627. The van der Waals surface area contributed by atoms with Gasteiger partial charge in [0.1, 0.15) is 48.2 Å². The number of alkyl halides is 2. The minimum absolute atomic E-state index is 0.361. The van der Waals surface area contributed by atoms with Crippen LogP contribution in [0.25, 0.3) is 0 Å². The standard InChI is InChI=1S/C24H20P.C4H2BF2N12O8/c1-5-13-21(14-6-1)25(22-15-7-2-8-16-22,23-17-9-3-10-18-23)24-19-11-4-12-20-24;6-3(14(20)21,15(22)23)1-8-12-18(10-1)5-19-11-2(9-13-19)4(7,16(24)25)17(26)27/h1-20H;5H2/q+1;-1. The predicted molar refractivity (Wildman–Crippen MR) is 180 cm³/mol. The van der Waals surface area contributed by atoms with Gasteiger partial charge in [-0.15, -0.1) is 0 Å². The zero-order valence-electron chi connectivity index (χ0n) is 26.4. The lowest BCUT2D eigenvalue weighted by Gasteiger charge is -2.27. The fourth-order valence-corrected chi connectivity index (χ4v) is 9.38. The van der Waals surface area contributed by atoms with E-state index >= 15 is 0 Å². The van der Waals surface area contributed by atoms with Gasteiger partial charge in [-0.3, -0.25) is 40.5 Å². The van der Waals surface area contributed by atoms with Crippen molar-refractivity contribution in [3.05, 3.63) is 173 Å². The zero-order chi connectivity index (χ0) is 37.5. The minimum atomic E-state index is -4.41. The second-order valence-electron chi connectivity index (χ2n) is 10.6. The van der Waals surface area contributed by atoms with E-state index in [2.05, 4.69) is 152 Å². The number of hydrogen-bond acceptors (Lipinski definition) is 14. The summed E-state index contributed by atoms with van der Waals surface area (Å²) >= 11 is 0. The van der Waals surface area contributed by atoms with E-state index in [0.29, 0.717) is 9.42 Å². The van der Waals surface area contributed by atoms with E-state index in [4.69, 9.17) is 0 Å². The number of hydrogen-bond donors (Lipinski definition) is 0. The average Bonchev–Trinajstić information content (AvgIpc) is 3.84. The molecule has 0 saturated carbocycles. The summed E-state index contributed by atoms with van der Waals surface area (Å²) in [5.41, 5.74) is 0. The van der Waals surface area contributed by atoms with Crippen LogP contribution >= 0.6 is 7.26 Å². The fourth-order valence-electron chi connectivity index (χ4n) is 5.11. The largest absolute Gasteiger partial charge is 0.681 e. The summed E-state index contributed by atoms with van der Waals surface area (Å²) in [6, 6.07) is 43.8. The van der Waals surface area contributed by atoms with Gasteiger partial charge in [0.15, 0.2) is 0 Å². The van der Waals surface area contributed by atoms with E-state index in [9.17, 15) is 49.2 Å². The SMILES string of the molecule is O=[N+]([O-])C(F)(c1nnn([BH2-]n2nnc(C(F)([N+](=O)[O-])[N+](=O)[O-])n2)n1)[N+](=O)[O-].c1ccc([P+](c2ccccc2)(c2ccccc2)c2ccccc2)cc1. The topological polar surface area (TPSA) is 260 Å². The van der Waals surface area contributed by atoms with Crippen molar-refractivity contribution in [2.45, 2.75) is 11.8 Å². The van der Waals surface area contributed by atoms with Crippen molar-refractivity contribution in [2.24, 2.45) is 0 Å². The first-order chi connectivity index (χ1) is 24.9. The minimum Gasteiger partial charge on any atom is -0.323 e. The van der Waals surface area contributed by atoms with Crippen molar-refractivity contribution >= 4 is 36.0 Å². The number of nitrogens with zero attached hydrogens (tertiary/aromatic N) is 12. The Morgan fingerprint density at radius 3 is 0.981 bits per heavy atom. The molecule has 0 aliphatic heterocycles. The highest BCUT2D eigenvalue weighted by Gasteiger charge is 2.66. The Bertz CT molecular complexity index is 1940. The number of nitro groups is 4.